The van der Waals surface area contributed by atoms with E-state index >= 15 is 0 Å². The maximum absolute atomic E-state index is 11.7. The smallest absolute Gasteiger partial charge is 0.266 e. The van der Waals surface area contributed by atoms with Crippen LogP contribution in [0.25, 0.3) is 0 Å². The Kier molecular flexibility index (Phi) is 4.97. The van der Waals surface area contributed by atoms with Gasteiger partial charge in [0, 0.05) is 19.3 Å². The van der Waals surface area contributed by atoms with Gasteiger partial charge in [0.2, 0.25) is 0 Å². The first kappa shape index (κ1) is 13.0. The summed E-state index contributed by atoms with van der Waals surface area (Å²) < 4.78 is 2.35. The average molecular weight is 347 g/mol. The Hall–Kier alpha value is -0.430. The summed E-state index contributed by atoms with van der Waals surface area (Å²) in [4.78, 5) is 15.7. The summed E-state index contributed by atoms with van der Waals surface area (Å²) in [6.45, 7) is 2.64. The monoisotopic (exact) mass is 347 g/mol. The highest BCUT2D eigenvalue weighted by atomic mass is 127. The summed E-state index contributed by atoms with van der Waals surface area (Å²) in [7, 11) is 0. The highest BCUT2D eigenvalue weighted by molar-refractivity contribution is 14.1. The van der Waals surface area contributed by atoms with Crippen LogP contribution >= 0.6 is 22.6 Å². The van der Waals surface area contributed by atoms with Gasteiger partial charge in [-0.05, 0) is 47.9 Å². The minimum absolute atomic E-state index is 0.0586. The van der Waals surface area contributed by atoms with E-state index in [1.54, 1.807) is 17.1 Å². The molecule has 1 aromatic rings. The second kappa shape index (κ2) is 6.49. The van der Waals surface area contributed by atoms with Crippen molar-refractivity contribution in [1.29, 1.82) is 0 Å². The Balaban J connectivity index is 1.74. The molecule has 0 unspecified atom stereocenters. The van der Waals surface area contributed by atoms with Crippen LogP contribution in [0, 0.1) is 9.49 Å². The van der Waals surface area contributed by atoms with Crippen molar-refractivity contribution < 1.29 is 0 Å². The molecule has 4 nitrogen and oxygen atoms in total. The molecule has 0 aromatic carbocycles. The van der Waals surface area contributed by atoms with Gasteiger partial charge in [-0.2, -0.15) is 0 Å². The fraction of sp³-hybridized carbons (Fsp3) is 0.667. The molecule has 1 aliphatic carbocycles. The molecule has 0 saturated heterocycles. The van der Waals surface area contributed by atoms with Crippen LogP contribution in [0.2, 0.25) is 0 Å². The second-order valence-electron chi connectivity index (χ2n) is 4.59. The summed E-state index contributed by atoms with van der Waals surface area (Å²) >= 11 is 2.03. The van der Waals surface area contributed by atoms with Gasteiger partial charge < -0.3 is 5.32 Å². The molecule has 0 amide bonds. The number of aromatic nitrogens is 2. The quantitative estimate of drug-likeness (QED) is 0.651. The van der Waals surface area contributed by atoms with Crippen LogP contribution in [0.5, 0.6) is 0 Å². The summed E-state index contributed by atoms with van der Waals surface area (Å²) in [5, 5.41) is 3.43. The zero-order chi connectivity index (χ0) is 12.1. The molecule has 1 saturated carbocycles. The molecular formula is C12H18IN3O. The van der Waals surface area contributed by atoms with Crippen LogP contribution in [0.4, 0.5) is 0 Å². The van der Waals surface area contributed by atoms with Crippen LogP contribution in [0.3, 0.4) is 0 Å². The maximum Gasteiger partial charge on any atom is 0.266 e. The number of hydrogen-bond acceptors (Lipinski definition) is 3. The number of nitrogens with one attached hydrogen (secondary N) is 1. The highest BCUT2D eigenvalue weighted by Gasteiger charge is 2.13. The molecule has 1 heterocycles. The number of halogens is 1. The molecule has 0 atom stereocenters. The van der Waals surface area contributed by atoms with Crippen molar-refractivity contribution in [3.63, 3.8) is 0 Å². The molecule has 0 aliphatic heterocycles. The summed E-state index contributed by atoms with van der Waals surface area (Å²) in [6.07, 6.45) is 8.70. The van der Waals surface area contributed by atoms with E-state index in [1.807, 2.05) is 22.6 Å². The fourth-order valence-corrected chi connectivity index (χ4v) is 2.77. The summed E-state index contributed by atoms with van der Waals surface area (Å²) in [5.41, 5.74) is 0.0586. The van der Waals surface area contributed by atoms with Crippen molar-refractivity contribution in [2.24, 2.45) is 5.92 Å². The lowest BCUT2D eigenvalue weighted by Gasteiger charge is -2.11. The molecule has 5 heteroatoms. The van der Waals surface area contributed by atoms with Gasteiger partial charge >= 0.3 is 0 Å². The van der Waals surface area contributed by atoms with Crippen molar-refractivity contribution >= 4 is 22.6 Å². The zero-order valence-corrected chi connectivity index (χ0v) is 12.0. The molecule has 1 aromatic heterocycles. The lowest BCUT2D eigenvalue weighted by Crippen LogP contribution is -2.30. The van der Waals surface area contributed by atoms with Gasteiger partial charge in [0.1, 0.15) is 0 Å². The third-order valence-corrected chi connectivity index (χ3v) is 4.04. The first-order valence-corrected chi connectivity index (χ1v) is 7.26. The van der Waals surface area contributed by atoms with Gasteiger partial charge in [0.05, 0.1) is 9.90 Å². The topological polar surface area (TPSA) is 46.9 Å². The summed E-state index contributed by atoms with van der Waals surface area (Å²) in [6, 6.07) is 0. The minimum Gasteiger partial charge on any atom is -0.315 e. The Morgan fingerprint density at radius 2 is 2.24 bits per heavy atom. The van der Waals surface area contributed by atoms with Crippen molar-refractivity contribution in [3.05, 3.63) is 26.4 Å². The highest BCUT2D eigenvalue weighted by Crippen LogP contribution is 2.23. The van der Waals surface area contributed by atoms with Gasteiger partial charge in [-0.1, -0.05) is 12.8 Å². The van der Waals surface area contributed by atoms with E-state index in [-0.39, 0.29) is 5.56 Å². The molecule has 2 rings (SSSR count). The molecule has 1 N–H and O–H groups in total. The van der Waals surface area contributed by atoms with E-state index in [0.717, 1.165) is 19.0 Å². The predicted octanol–water partition coefficient (Wildman–Crippen LogP) is 1.63. The predicted molar refractivity (Wildman–Crippen MR) is 76.0 cm³/mol. The number of rotatable bonds is 5. The largest absolute Gasteiger partial charge is 0.315 e. The maximum atomic E-state index is 11.7. The Morgan fingerprint density at radius 1 is 1.47 bits per heavy atom. The van der Waals surface area contributed by atoms with Crippen LogP contribution in [-0.2, 0) is 6.54 Å². The number of hydrogen-bond donors (Lipinski definition) is 1. The molecule has 0 radical (unpaired) electrons. The molecule has 94 valence electrons. The lowest BCUT2D eigenvalue weighted by atomic mass is 10.1. The number of nitrogens with zero attached hydrogens (tertiary/aromatic N) is 2. The van der Waals surface area contributed by atoms with Crippen LogP contribution in [0.15, 0.2) is 17.3 Å². The summed E-state index contributed by atoms with van der Waals surface area (Å²) in [5.74, 6) is 0.848. The van der Waals surface area contributed by atoms with Crippen molar-refractivity contribution in [2.75, 3.05) is 13.1 Å². The van der Waals surface area contributed by atoms with Gasteiger partial charge in [0.25, 0.3) is 5.56 Å². The van der Waals surface area contributed by atoms with Crippen LogP contribution < -0.4 is 10.9 Å². The van der Waals surface area contributed by atoms with E-state index in [0.29, 0.717) is 10.1 Å². The molecule has 1 fully saturated rings. The van der Waals surface area contributed by atoms with Gasteiger partial charge in [-0.25, -0.2) is 4.98 Å². The first-order chi connectivity index (χ1) is 8.27. The SMILES string of the molecule is O=c1c(I)cncn1CCNCC1CCCC1. The Labute approximate surface area is 115 Å². The zero-order valence-electron chi connectivity index (χ0n) is 9.86. The van der Waals surface area contributed by atoms with E-state index in [2.05, 4.69) is 10.3 Å². The fourth-order valence-electron chi connectivity index (χ4n) is 2.30. The first-order valence-electron chi connectivity index (χ1n) is 6.18. The van der Waals surface area contributed by atoms with E-state index in [1.165, 1.54) is 25.7 Å². The molecule has 0 bridgehead atoms. The van der Waals surface area contributed by atoms with Crippen LogP contribution in [0.1, 0.15) is 25.7 Å². The molecule has 1 aliphatic rings. The molecule has 0 spiro atoms. The van der Waals surface area contributed by atoms with Gasteiger partial charge in [-0.15, -0.1) is 0 Å². The average Bonchev–Trinajstić information content (AvgIpc) is 2.83. The molecular weight excluding hydrogens is 329 g/mol. The third kappa shape index (κ3) is 3.77. The standard InChI is InChI=1S/C12H18IN3O/c13-11-8-15-9-16(12(11)17)6-5-14-7-10-3-1-2-4-10/h8-10,14H,1-7H2. The van der Waals surface area contributed by atoms with Crippen molar-refractivity contribution in [3.8, 4) is 0 Å². The Morgan fingerprint density at radius 3 is 3.00 bits per heavy atom. The molecule has 17 heavy (non-hydrogen) atoms. The van der Waals surface area contributed by atoms with Crippen LogP contribution in [-0.4, -0.2) is 22.6 Å². The van der Waals surface area contributed by atoms with Crippen molar-refractivity contribution in [1.82, 2.24) is 14.9 Å². The lowest BCUT2D eigenvalue weighted by molar-refractivity contribution is 0.472. The van der Waals surface area contributed by atoms with E-state index in [4.69, 9.17) is 0 Å². The third-order valence-electron chi connectivity index (χ3n) is 3.30. The van der Waals surface area contributed by atoms with Gasteiger partial charge in [-0.3, -0.25) is 9.36 Å². The van der Waals surface area contributed by atoms with Gasteiger partial charge in [0.15, 0.2) is 0 Å². The van der Waals surface area contributed by atoms with E-state index < -0.39 is 0 Å². The Bertz CT molecular complexity index is 412. The normalized spacial score (nSPS) is 16.5. The minimum atomic E-state index is 0.0586. The second-order valence-corrected chi connectivity index (χ2v) is 5.76. The van der Waals surface area contributed by atoms with Crippen molar-refractivity contribution in [2.45, 2.75) is 32.2 Å². The van der Waals surface area contributed by atoms with E-state index in [9.17, 15) is 4.79 Å².